The molecule has 0 aromatic carbocycles. The predicted molar refractivity (Wildman–Crippen MR) is 109 cm³/mol. The number of piperidine rings is 1. The van der Waals surface area contributed by atoms with E-state index in [1.165, 1.54) is 42.1 Å². The average Bonchev–Trinajstić information content (AvgIpc) is 2.64. The molecule has 0 radical (unpaired) electrons. The molecule has 0 bridgehead atoms. The van der Waals surface area contributed by atoms with E-state index in [-0.39, 0.29) is 6.41 Å². The Kier molecular flexibility index (Phi) is 10.7. The number of allylic oxidation sites excluding steroid dienone is 3. The number of primary amides is 1. The second kappa shape index (κ2) is 12.5. The number of hydrogen-bond donors (Lipinski definition) is 2. The zero-order valence-corrected chi connectivity index (χ0v) is 17.1. The number of aryl methyl sites for hydroxylation is 1. The van der Waals surface area contributed by atoms with Crippen LogP contribution in [-0.4, -0.2) is 40.8 Å². The van der Waals surface area contributed by atoms with Crippen molar-refractivity contribution in [2.75, 3.05) is 20.1 Å². The van der Waals surface area contributed by atoms with Gasteiger partial charge in [-0.05, 0) is 62.6 Å². The zero-order chi connectivity index (χ0) is 19.4. The minimum atomic E-state index is 0.250. The van der Waals surface area contributed by atoms with E-state index in [1.807, 2.05) is 32.1 Å². The van der Waals surface area contributed by atoms with Crippen LogP contribution in [0.4, 0.5) is 0 Å². The van der Waals surface area contributed by atoms with Gasteiger partial charge >= 0.3 is 0 Å². The summed E-state index contributed by atoms with van der Waals surface area (Å²) in [6.45, 7) is 8.86. The van der Waals surface area contributed by atoms with Crippen LogP contribution in [-0.2, 0) is 11.2 Å². The minimum Gasteiger partial charge on any atom is -0.391 e. The van der Waals surface area contributed by atoms with Crippen molar-refractivity contribution in [1.29, 1.82) is 0 Å². The van der Waals surface area contributed by atoms with E-state index in [1.54, 1.807) is 6.33 Å². The first kappa shape index (κ1) is 22.2. The molecule has 1 aromatic heterocycles. The lowest BCUT2D eigenvalue weighted by Crippen LogP contribution is -2.27. The predicted octanol–water partition coefficient (Wildman–Crippen LogP) is 2.82. The summed E-state index contributed by atoms with van der Waals surface area (Å²) in [5, 5.41) is 3.28. The molecule has 1 amide bonds. The van der Waals surface area contributed by atoms with Crippen molar-refractivity contribution in [2.45, 2.75) is 40.0 Å². The van der Waals surface area contributed by atoms with Crippen molar-refractivity contribution in [2.24, 2.45) is 11.7 Å². The number of amides is 1. The van der Waals surface area contributed by atoms with Crippen LogP contribution in [0.3, 0.4) is 0 Å². The fourth-order valence-electron chi connectivity index (χ4n) is 2.48. The van der Waals surface area contributed by atoms with Gasteiger partial charge in [0.2, 0.25) is 6.41 Å². The monoisotopic (exact) mass is 377 g/mol. The molecule has 1 saturated heterocycles. The Morgan fingerprint density at radius 3 is 2.69 bits per heavy atom. The molecule has 7 heteroatoms. The van der Waals surface area contributed by atoms with Crippen molar-refractivity contribution in [3.8, 4) is 0 Å². The summed E-state index contributed by atoms with van der Waals surface area (Å²) in [5.41, 5.74) is 7.62. The molecule has 144 valence electrons. The topological polar surface area (TPSA) is 84.1 Å². The number of hydrogen-bond acceptors (Lipinski definition) is 6. The van der Waals surface area contributed by atoms with Gasteiger partial charge in [-0.25, -0.2) is 14.3 Å². The molecule has 2 heterocycles. The van der Waals surface area contributed by atoms with E-state index < -0.39 is 0 Å². The maximum atomic E-state index is 8.58. The summed E-state index contributed by atoms with van der Waals surface area (Å²) in [7, 11) is 1.98. The lowest BCUT2D eigenvalue weighted by Gasteiger charge is -2.29. The van der Waals surface area contributed by atoms with Crippen molar-refractivity contribution in [1.82, 2.24) is 19.6 Å². The average molecular weight is 378 g/mol. The van der Waals surface area contributed by atoms with Crippen LogP contribution in [0.2, 0.25) is 0 Å². The second-order valence-corrected chi connectivity index (χ2v) is 7.46. The standard InChI is InChI=1S/C18H28N4S.CH3NO/c1-14-8-10-22(11-9-14)23-18(16(3)19-4)7-5-6-17-12-20-13-21-15(17)2;2-1-3/h5,7,12-14,19H,6,8-11H2,1-4H3;1H,(H2,2,3)/b7-5+,18-16+;. The summed E-state index contributed by atoms with van der Waals surface area (Å²) in [6.07, 6.45) is 11.6. The van der Waals surface area contributed by atoms with Crippen LogP contribution in [0.15, 0.2) is 35.3 Å². The number of nitrogens with two attached hydrogens (primary N) is 1. The molecule has 1 aromatic rings. The third-order valence-corrected chi connectivity index (χ3v) is 5.60. The van der Waals surface area contributed by atoms with Crippen molar-refractivity contribution >= 4 is 18.4 Å². The van der Waals surface area contributed by atoms with Gasteiger partial charge in [-0.2, -0.15) is 0 Å². The van der Waals surface area contributed by atoms with E-state index in [2.05, 4.69) is 51.3 Å². The van der Waals surface area contributed by atoms with Gasteiger partial charge < -0.3 is 11.1 Å². The summed E-state index contributed by atoms with van der Waals surface area (Å²) >= 11 is 1.87. The maximum Gasteiger partial charge on any atom is 0.204 e. The van der Waals surface area contributed by atoms with Gasteiger partial charge in [-0.15, -0.1) is 0 Å². The third kappa shape index (κ3) is 8.01. The normalized spacial score (nSPS) is 16.6. The first-order valence-corrected chi connectivity index (χ1v) is 9.68. The number of rotatable bonds is 6. The summed E-state index contributed by atoms with van der Waals surface area (Å²) in [5.74, 6) is 0.862. The SMILES string of the molecule is CN/C(C)=C(\C=C\Cc1cncnc1C)SN1CCC(C)CC1.NC=O. The maximum absolute atomic E-state index is 8.58. The van der Waals surface area contributed by atoms with Crippen molar-refractivity contribution in [3.63, 3.8) is 0 Å². The molecular weight excluding hydrogens is 346 g/mol. The highest BCUT2D eigenvalue weighted by molar-refractivity contribution is 8.01. The molecule has 1 fully saturated rings. The number of nitrogens with zero attached hydrogens (tertiary/aromatic N) is 3. The third-order valence-electron chi connectivity index (χ3n) is 4.33. The van der Waals surface area contributed by atoms with E-state index in [4.69, 9.17) is 4.79 Å². The van der Waals surface area contributed by atoms with Gasteiger partial charge in [0.25, 0.3) is 0 Å². The highest BCUT2D eigenvalue weighted by Crippen LogP contribution is 2.29. The Labute approximate surface area is 161 Å². The molecule has 0 atom stereocenters. The second-order valence-electron chi connectivity index (χ2n) is 6.32. The van der Waals surface area contributed by atoms with Crippen LogP contribution in [0.1, 0.15) is 37.9 Å². The van der Waals surface area contributed by atoms with Crippen molar-refractivity contribution in [3.05, 3.63) is 46.5 Å². The number of nitrogens with one attached hydrogen (secondary N) is 1. The summed E-state index contributed by atoms with van der Waals surface area (Å²) < 4.78 is 2.48. The Morgan fingerprint density at radius 2 is 2.12 bits per heavy atom. The van der Waals surface area contributed by atoms with Gasteiger partial charge in [0.15, 0.2) is 0 Å². The number of carbonyl (C=O) groups is 1. The summed E-state index contributed by atoms with van der Waals surface area (Å²) in [4.78, 5) is 18.2. The van der Waals surface area contributed by atoms with Crippen LogP contribution in [0.25, 0.3) is 0 Å². The smallest absolute Gasteiger partial charge is 0.204 e. The van der Waals surface area contributed by atoms with Crippen LogP contribution < -0.4 is 11.1 Å². The first-order valence-electron chi connectivity index (χ1n) is 8.90. The van der Waals surface area contributed by atoms with Gasteiger partial charge in [-0.1, -0.05) is 13.0 Å². The molecule has 1 aliphatic rings. The Hall–Kier alpha value is -1.86. The molecule has 0 spiro atoms. The van der Waals surface area contributed by atoms with Crippen LogP contribution in [0.5, 0.6) is 0 Å². The molecule has 1 aliphatic heterocycles. The molecule has 0 aliphatic carbocycles. The minimum absolute atomic E-state index is 0.250. The molecule has 6 nitrogen and oxygen atoms in total. The van der Waals surface area contributed by atoms with E-state index in [0.717, 1.165) is 18.0 Å². The molecule has 26 heavy (non-hydrogen) atoms. The van der Waals surface area contributed by atoms with Crippen LogP contribution >= 0.6 is 11.9 Å². The molecular formula is C19H31N5OS. The quantitative estimate of drug-likeness (QED) is 0.450. The van der Waals surface area contributed by atoms with E-state index in [9.17, 15) is 0 Å². The Balaban J connectivity index is 0.00000105. The van der Waals surface area contributed by atoms with Crippen molar-refractivity contribution < 1.29 is 4.79 Å². The molecule has 2 rings (SSSR count). The van der Waals surface area contributed by atoms with Gasteiger partial charge in [0, 0.05) is 42.6 Å². The zero-order valence-electron chi connectivity index (χ0n) is 16.2. The number of carbonyl (C=O) groups excluding carboxylic acids is 1. The van der Waals surface area contributed by atoms with Crippen LogP contribution in [0, 0.1) is 12.8 Å². The highest BCUT2D eigenvalue weighted by atomic mass is 32.2. The fraction of sp³-hybridized carbons (Fsp3) is 0.526. The lowest BCUT2D eigenvalue weighted by molar-refractivity contribution is -0.106. The Bertz CT molecular complexity index is 610. The molecule has 0 saturated carbocycles. The molecule has 0 unspecified atom stereocenters. The van der Waals surface area contributed by atoms with E-state index >= 15 is 0 Å². The van der Waals surface area contributed by atoms with E-state index in [0.29, 0.717) is 0 Å². The van der Waals surface area contributed by atoms with Gasteiger partial charge in [0.1, 0.15) is 6.33 Å². The first-order chi connectivity index (χ1) is 12.5. The van der Waals surface area contributed by atoms with Gasteiger partial charge in [-0.3, -0.25) is 4.79 Å². The van der Waals surface area contributed by atoms with Gasteiger partial charge in [0.05, 0.1) is 0 Å². The fourth-order valence-corrected chi connectivity index (χ4v) is 3.54. The Morgan fingerprint density at radius 1 is 1.46 bits per heavy atom. The number of aromatic nitrogens is 2. The summed E-state index contributed by atoms with van der Waals surface area (Å²) in [6, 6.07) is 0. The largest absolute Gasteiger partial charge is 0.391 e. The highest BCUT2D eigenvalue weighted by Gasteiger charge is 2.17. The lowest BCUT2D eigenvalue weighted by atomic mass is 10.0. The molecule has 3 N–H and O–H groups in total.